The normalized spacial score (nSPS) is 10.5. The first-order chi connectivity index (χ1) is 11.6. The summed E-state index contributed by atoms with van der Waals surface area (Å²) in [7, 11) is 3.09. The predicted octanol–water partition coefficient (Wildman–Crippen LogP) is 3.25. The number of H-pyrrole nitrogens is 1. The first-order valence-electron chi connectivity index (χ1n) is 7.26. The number of hydrogen-bond acceptors (Lipinski definition) is 5. The maximum Gasteiger partial charge on any atom is 0.260 e. The smallest absolute Gasteiger partial charge is 0.260 e. The van der Waals surface area contributed by atoms with Gasteiger partial charge in [-0.1, -0.05) is 0 Å². The fourth-order valence-electron chi connectivity index (χ4n) is 2.40. The molecule has 2 N–H and O–H groups in total. The fourth-order valence-corrected chi connectivity index (χ4v) is 2.40. The van der Waals surface area contributed by atoms with Crippen LogP contribution in [0.2, 0.25) is 0 Å². The number of aromatic nitrogens is 2. The minimum absolute atomic E-state index is 0.320. The number of amides is 1. The van der Waals surface area contributed by atoms with Gasteiger partial charge in [0.25, 0.3) is 5.91 Å². The van der Waals surface area contributed by atoms with Crippen LogP contribution < -0.4 is 14.8 Å². The Morgan fingerprint density at radius 1 is 1.25 bits per heavy atom. The molecule has 2 aromatic heterocycles. The van der Waals surface area contributed by atoms with E-state index in [9.17, 15) is 4.79 Å². The summed E-state index contributed by atoms with van der Waals surface area (Å²) in [4.78, 5) is 12.8. The molecule has 0 radical (unpaired) electrons. The molecule has 0 atom stereocenters. The molecule has 0 saturated carbocycles. The molecule has 3 rings (SSSR count). The van der Waals surface area contributed by atoms with Crippen molar-refractivity contribution >= 4 is 11.6 Å². The van der Waals surface area contributed by atoms with Crippen LogP contribution in [0.15, 0.2) is 41.0 Å². The van der Waals surface area contributed by atoms with Crippen molar-refractivity contribution in [1.29, 1.82) is 0 Å². The molecule has 0 bridgehead atoms. The molecule has 0 unspecified atom stereocenters. The molecule has 2 heterocycles. The number of methoxy groups -OCH3 is 2. The van der Waals surface area contributed by atoms with Crippen LogP contribution >= 0.6 is 0 Å². The maximum atomic E-state index is 12.8. The number of rotatable bonds is 5. The topological polar surface area (TPSA) is 89.4 Å². The molecular weight excluding hydrogens is 310 g/mol. The summed E-state index contributed by atoms with van der Waals surface area (Å²) < 4.78 is 15.8. The standard InChI is InChI=1S/C17H17N3O4/c1-10-15(16(20-19-10)14-5-4-8-24-14)17(21)18-12-9-11(22-2)6-7-13(12)23-3/h4-9H,1-3H3,(H,18,21)(H,19,20). The highest BCUT2D eigenvalue weighted by atomic mass is 16.5. The third-order valence-corrected chi connectivity index (χ3v) is 3.58. The average molecular weight is 327 g/mol. The van der Waals surface area contributed by atoms with Crippen molar-refractivity contribution in [3.05, 3.63) is 47.9 Å². The number of ether oxygens (including phenoxy) is 2. The van der Waals surface area contributed by atoms with Gasteiger partial charge in [0.15, 0.2) is 5.76 Å². The number of hydrogen-bond donors (Lipinski definition) is 2. The van der Waals surface area contributed by atoms with Crippen molar-refractivity contribution in [2.24, 2.45) is 0 Å². The largest absolute Gasteiger partial charge is 0.497 e. The number of nitrogens with zero attached hydrogens (tertiary/aromatic N) is 1. The molecule has 7 heteroatoms. The van der Waals surface area contributed by atoms with E-state index >= 15 is 0 Å². The number of furan rings is 1. The molecule has 0 aliphatic carbocycles. The second-order valence-electron chi connectivity index (χ2n) is 5.07. The van der Waals surface area contributed by atoms with Crippen LogP contribution in [0.5, 0.6) is 11.5 Å². The van der Waals surface area contributed by atoms with Gasteiger partial charge in [-0.05, 0) is 31.2 Å². The van der Waals surface area contributed by atoms with E-state index in [1.165, 1.54) is 13.4 Å². The molecule has 0 fully saturated rings. The molecule has 24 heavy (non-hydrogen) atoms. The van der Waals surface area contributed by atoms with E-state index in [1.54, 1.807) is 44.4 Å². The second kappa shape index (κ2) is 6.49. The van der Waals surface area contributed by atoms with E-state index in [4.69, 9.17) is 13.9 Å². The number of aryl methyl sites for hydroxylation is 1. The van der Waals surface area contributed by atoms with Crippen molar-refractivity contribution in [2.45, 2.75) is 6.92 Å². The molecule has 1 aromatic carbocycles. The Labute approximate surface area is 138 Å². The minimum Gasteiger partial charge on any atom is -0.497 e. The van der Waals surface area contributed by atoms with Gasteiger partial charge in [0.1, 0.15) is 17.2 Å². The summed E-state index contributed by atoms with van der Waals surface area (Å²) in [5.74, 6) is 1.34. The lowest BCUT2D eigenvalue weighted by atomic mass is 10.1. The zero-order chi connectivity index (χ0) is 17.1. The molecular formula is C17H17N3O4. The molecule has 1 amide bonds. The van der Waals surface area contributed by atoms with Gasteiger partial charge < -0.3 is 19.2 Å². The van der Waals surface area contributed by atoms with Crippen LogP contribution in [0, 0.1) is 6.92 Å². The van der Waals surface area contributed by atoms with E-state index in [0.29, 0.717) is 39.9 Å². The molecule has 3 aromatic rings. The molecule has 0 spiro atoms. The molecule has 124 valence electrons. The summed E-state index contributed by atoms with van der Waals surface area (Å²) in [6.45, 7) is 1.77. The Morgan fingerprint density at radius 2 is 2.08 bits per heavy atom. The van der Waals surface area contributed by atoms with Crippen molar-refractivity contribution < 1.29 is 18.7 Å². The summed E-state index contributed by atoms with van der Waals surface area (Å²) in [5, 5.41) is 9.81. The summed E-state index contributed by atoms with van der Waals surface area (Å²) in [6.07, 6.45) is 1.53. The quantitative estimate of drug-likeness (QED) is 0.751. The summed E-state index contributed by atoms with van der Waals surface area (Å²) in [5.41, 5.74) is 2.01. The van der Waals surface area contributed by atoms with Crippen molar-refractivity contribution in [3.63, 3.8) is 0 Å². The molecule has 7 nitrogen and oxygen atoms in total. The first kappa shape index (κ1) is 15.7. The Kier molecular flexibility index (Phi) is 4.24. The van der Waals surface area contributed by atoms with Crippen LogP contribution in [-0.4, -0.2) is 30.3 Å². The number of benzene rings is 1. The number of carbonyl (C=O) groups excluding carboxylic acids is 1. The van der Waals surface area contributed by atoms with Crippen LogP contribution in [0.3, 0.4) is 0 Å². The summed E-state index contributed by atoms with van der Waals surface area (Å²) in [6, 6.07) is 8.67. The van der Waals surface area contributed by atoms with Crippen molar-refractivity contribution in [2.75, 3.05) is 19.5 Å². The maximum absolute atomic E-state index is 12.8. The fraction of sp³-hybridized carbons (Fsp3) is 0.176. The third kappa shape index (κ3) is 2.83. The van der Waals surface area contributed by atoms with Crippen LogP contribution in [0.4, 0.5) is 5.69 Å². The molecule has 0 aliphatic heterocycles. The van der Waals surface area contributed by atoms with Gasteiger partial charge in [-0.2, -0.15) is 5.10 Å². The van der Waals surface area contributed by atoms with Gasteiger partial charge in [0, 0.05) is 11.8 Å². The number of nitrogens with one attached hydrogen (secondary N) is 2. The Balaban J connectivity index is 1.96. The van der Waals surface area contributed by atoms with Gasteiger partial charge in [-0.25, -0.2) is 0 Å². The van der Waals surface area contributed by atoms with Crippen molar-refractivity contribution in [1.82, 2.24) is 10.2 Å². The molecule has 0 saturated heterocycles. The highest BCUT2D eigenvalue weighted by Gasteiger charge is 2.22. The van der Waals surface area contributed by atoms with Crippen LogP contribution in [0.25, 0.3) is 11.5 Å². The second-order valence-corrected chi connectivity index (χ2v) is 5.07. The zero-order valence-electron chi connectivity index (χ0n) is 13.5. The lowest BCUT2D eigenvalue weighted by Gasteiger charge is -2.12. The monoisotopic (exact) mass is 327 g/mol. The molecule has 0 aliphatic rings. The van der Waals surface area contributed by atoms with Gasteiger partial charge in [0.2, 0.25) is 0 Å². The van der Waals surface area contributed by atoms with E-state index < -0.39 is 0 Å². The summed E-state index contributed by atoms with van der Waals surface area (Å²) >= 11 is 0. The van der Waals surface area contributed by atoms with Gasteiger partial charge in [-0.3, -0.25) is 9.89 Å². The van der Waals surface area contributed by atoms with E-state index in [-0.39, 0.29) is 5.91 Å². The Hall–Kier alpha value is -3.22. The average Bonchev–Trinajstić information content (AvgIpc) is 3.23. The van der Waals surface area contributed by atoms with Gasteiger partial charge in [0.05, 0.1) is 31.7 Å². The van der Waals surface area contributed by atoms with E-state index in [1.807, 2.05) is 0 Å². The third-order valence-electron chi connectivity index (χ3n) is 3.58. The van der Waals surface area contributed by atoms with E-state index in [0.717, 1.165) is 0 Å². The van der Waals surface area contributed by atoms with Crippen LogP contribution in [0.1, 0.15) is 16.1 Å². The predicted molar refractivity (Wildman–Crippen MR) is 88.5 cm³/mol. The highest BCUT2D eigenvalue weighted by molar-refractivity contribution is 6.09. The number of anilines is 1. The number of aromatic amines is 1. The lowest BCUT2D eigenvalue weighted by molar-refractivity contribution is 0.102. The van der Waals surface area contributed by atoms with Crippen molar-refractivity contribution in [3.8, 4) is 23.0 Å². The van der Waals surface area contributed by atoms with Gasteiger partial charge >= 0.3 is 0 Å². The first-order valence-corrected chi connectivity index (χ1v) is 7.26. The SMILES string of the molecule is COc1ccc(OC)c(NC(=O)c2c(-c3ccco3)n[nH]c2C)c1. The van der Waals surface area contributed by atoms with E-state index in [2.05, 4.69) is 15.5 Å². The number of carbonyl (C=O) groups is 1. The zero-order valence-corrected chi connectivity index (χ0v) is 13.5. The lowest BCUT2D eigenvalue weighted by Crippen LogP contribution is -2.14. The van der Waals surface area contributed by atoms with Crippen LogP contribution in [-0.2, 0) is 0 Å². The Morgan fingerprint density at radius 3 is 2.75 bits per heavy atom. The minimum atomic E-state index is -0.320. The Bertz CT molecular complexity index is 853. The van der Waals surface area contributed by atoms with Gasteiger partial charge in [-0.15, -0.1) is 0 Å². The highest BCUT2D eigenvalue weighted by Crippen LogP contribution is 2.31.